The first-order valence-corrected chi connectivity index (χ1v) is 8.68. The number of nitrogens with zero attached hydrogens (tertiary/aromatic N) is 3. The van der Waals surface area contributed by atoms with E-state index in [1.165, 1.54) is 10.5 Å². The summed E-state index contributed by atoms with van der Waals surface area (Å²) in [5.74, 6) is 1.18. The number of urea groups is 1. The van der Waals surface area contributed by atoms with Crippen LogP contribution in [0.2, 0.25) is 0 Å². The van der Waals surface area contributed by atoms with E-state index >= 15 is 0 Å². The van der Waals surface area contributed by atoms with Gasteiger partial charge in [0.05, 0.1) is 0 Å². The van der Waals surface area contributed by atoms with Crippen molar-refractivity contribution >= 4 is 11.9 Å². The highest BCUT2D eigenvalue weighted by Gasteiger charge is 2.52. The molecular weight excluding hydrogens is 320 g/mol. The molecule has 1 spiro atoms. The molecule has 1 aliphatic heterocycles. The van der Waals surface area contributed by atoms with Gasteiger partial charge in [0.15, 0.2) is 5.82 Å². The first-order valence-electron chi connectivity index (χ1n) is 8.68. The zero-order valence-electron chi connectivity index (χ0n) is 13.7. The molecule has 3 amide bonds. The molecule has 0 bridgehead atoms. The van der Waals surface area contributed by atoms with Crippen molar-refractivity contribution in [1.29, 1.82) is 0 Å². The maximum absolute atomic E-state index is 13.0. The van der Waals surface area contributed by atoms with Crippen LogP contribution in [-0.2, 0) is 24.2 Å². The predicted octanol–water partition coefficient (Wildman–Crippen LogP) is 1.93. The number of hydrogen-bond acceptors (Lipinski definition) is 5. The molecule has 1 saturated heterocycles. The van der Waals surface area contributed by atoms with E-state index in [0.717, 1.165) is 24.8 Å². The number of nitrogens with one attached hydrogen (secondary N) is 1. The number of aromatic nitrogens is 2. The lowest BCUT2D eigenvalue weighted by atomic mass is 9.78. The molecule has 2 fully saturated rings. The van der Waals surface area contributed by atoms with Crippen LogP contribution in [0.5, 0.6) is 0 Å². The lowest BCUT2D eigenvalue weighted by molar-refractivity contribution is -0.132. The van der Waals surface area contributed by atoms with Crippen molar-refractivity contribution in [3.63, 3.8) is 0 Å². The minimum atomic E-state index is -0.842. The quantitative estimate of drug-likeness (QED) is 0.864. The number of hydrogen-bond donors (Lipinski definition) is 1. The van der Waals surface area contributed by atoms with Crippen LogP contribution in [0.15, 0.2) is 28.8 Å². The summed E-state index contributed by atoms with van der Waals surface area (Å²) in [6.45, 7) is 0.0355. The van der Waals surface area contributed by atoms with Gasteiger partial charge < -0.3 is 9.84 Å². The maximum Gasteiger partial charge on any atom is 0.325 e. The molecule has 7 nitrogen and oxygen atoms in total. The van der Waals surface area contributed by atoms with Crippen molar-refractivity contribution in [2.75, 3.05) is 0 Å². The van der Waals surface area contributed by atoms with Crippen LogP contribution in [0.3, 0.4) is 0 Å². The standard InChI is InChI=1S/C18H18N4O3/c23-16-18(8-7-11-3-1-2-4-13(11)9-18)20-17(24)22(16)10-14-19-15(21-25-14)12-5-6-12/h1-4,12H,5-10H2,(H,20,24)/t18-/m0/s1. The summed E-state index contributed by atoms with van der Waals surface area (Å²) in [6.07, 6.45) is 4.07. The average molecular weight is 338 g/mol. The number of amides is 3. The summed E-state index contributed by atoms with van der Waals surface area (Å²) < 4.78 is 5.22. The van der Waals surface area contributed by atoms with Gasteiger partial charge in [0.2, 0.25) is 5.89 Å². The van der Waals surface area contributed by atoms with Gasteiger partial charge in [0.1, 0.15) is 12.1 Å². The molecule has 25 heavy (non-hydrogen) atoms. The van der Waals surface area contributed by atoms with E-state index in [-0.39, 0.29) is 18.5 Å². The van der Waals surface area contributed by atoms with Gasteiger partial charge in [-0.3, -0.25) is 9.69 Å². The highest BCUT2D eigenvalue weighted by atomic mass is 16.5. The minimum Gasteiger partial charge on any atom is -0.337 e. The van der Waals surface area contributed by atoms with Crippen molar-refractivity contribution in [2.24, 2.45) is 0 Å². The molecular formula is C18H18N4O3. The maximum atomic E-state index is 13.0. The monoisotopic (exact) mass is 338 g/mol. The molecule has 2 aromatic rings. The number of carbonyl (C=O) groups is 2. The average Bonchev–Trinajstić information content (AvgIpc) is 3.33. The second-order valence-electron chi connectivity index (χ2n) is 7.17. The highest BCUT2D eigenvalue weighted by molar-refractivity contribution is 6.07. The number of fused-ring (bicyclic) bond motifs is 1. The molecule has 2 aliphatic carbocycles. The second kappa shape index (κ2) is 5.15. The van der Waals surface area contributed by atoms with Gasteiger partial charge in [0.25, 0.3) is 5.91 Å². The van der Waals surface area contributed by atoms with E-state index in [9.17, 15) is 9.59 Å². The first kappa shape index (κ1) is 14.6. The molecule has 1 atom stereocenters. The topological polar surface area (TPSA) is 88.3 Å². The van der Waals surface area contributed by atoms with Crippen LogP contribution in [0.25, 0.3) is 0 Å². The summed E-state index contributed by atoms with van der Waals surface area (Å²) in [6, 6.07) is 7.70. The lowest BCUT2D eigenvalue weighted by Gasteiger charge is -2.32. The molecule has 1 saturated carbocycles. The second-order valence-corrected chi connectivity index (χ2v) is 7.17. The SMILES string of the molecule is O=C1N[C@]2(CCc3ccccc3C2)C(=O)N1Cc1nc(C2CC2)no1. The van der Waals surface area contributed by atoms with Gasteiger partial charge in [-0.15, -0.1) is 0 Å². The van der Waals surface area contributed by atoms with E-state index in [1.807, 2.05) is 18.2 Å². The Morgan fingerprint density at radius 1 is 1.24 bits per heavy atom. The third-order valence-corrected chi connectivity index (χ3v) is 5.40. The normalized spacial score (nSPS) is 25.4. The van der Waals surface area contributed by atoms with Crippen LogP contribution in [0, 0.1) is 0 Å². The number of imide groups is 1. The Hall–Kier alpha value is -2.70. The molecule has 128 valence electrons. The van der Waals surface area contributed by atoms with Crippen molar-refractivity contribution in [1.82, 2.24) is 20.4 Å². The van der Waals surface area contributed by atoms with Crippen LogP contribution in [-0.4, -0.2) is 32.5 Å². The van der Waals surface area contributed by atoms with E-state index < -0.39 is 5.54 Å². The molecule has 5 rings (SSSR count). The Morgan fingerprint density at radius 2 is 2.04 bits per heavy atom. The largest absolute Gasteiger partial charge is 0.337 e. The van der Waals surface area contributed by atoms with Crippen LogP contribution in [0.1, 0.15) is 48.0 Å². The van der Waals surface area contributed by atoms with Crippen LogP contribution < -0.4 is 5.32 Å². The minimum absolute atomic E-state index is 0.0355. The molecule has 1 aromatic carbocycles. The lowest BCUT2D eigenvalue weighted by Crippen LogP contribution is -2.51. The zero-order valence-corrected chi connectivity index (χ0v) is 13.7. The van der Waals surface area contributed by atoms with E-state index in [2.05, 4.69) is 21.5 Å². The smallest absolute Gasteiger partial charge is 0.325 e. The van der Waals surface area contributed by atoms with Crippen molar-refractivity contribution < 1.29 is 14.1 Å². The summed E-state index contributed by atoms with van der Waals surface area (Å²) in [7, 11) is 0. The molecule has 2 heterocycles. The number of carbonyl (C=O) groups excluding carboxylic acids is 2. The third kappa shape index (κ3) is 2.33. The van der Waals surface area contributed by atoms with Crippen molar-refractivity contribution in [2.45, 2.75) is 50.1 Å². The summed E-state index contributed by atoms with van der Waals surface area (Å²) in [5.41, 5.74) is 1.53. The Labute approximate surface area is 144 Å². The number of rotatable bonds is 3. The Morgan fingerprint density at radius 3 is 2.84 bits per heavy atom. The molecule has 1 aromatic heterocycles. The van der Waals surface area contributed by atoms with E-state index in [4.69, 9.17) is 4.52 Å². The molecule has 7 heteroatoms. The Balaban J connectivity index is 1.38. The van der Waals surface area contributed by atoms with Crippen molar-refractivity contribution in [3.05, 3.63) is 47.1 Å². The van der Waals surface area contributed by atoms with Gasteiger partial charge in [-0.2, -0.15) is 4.98 Å². The fraction of sp³-hybridized carbons (Fsp3) is 0.444. The molecule has 0 radical (unpaired) electrons. The fourth-order valence-corrected chi connectivity index (χ4v) is 3.82. The van der Waals surface area contributed by atoms with Crippen molar-refractivity contribution in [3.8, 4) is 0 Å². The number of aryl methyl sites for hydroxylation is 1. The van der Waals surface area contributed by atoms with Gasteiger partial charge in [-0.05, 0) is 36.8 Å². The summed E-state index contributed by atoms with van der Waals surface area (Å²) >= 11 is 0. The van der Waals surface area contributed by atoms with E-state index in [0.29, 0.717) is 30.5 Å². The molecule has 3 aliphatic rings. The van der Waals surface area contributed by atoms with Gasteiger partial charge in [-0.1, -0.05) is 29.4 Å². The van der Waals surface area contributed by atoms with Crippen LogP contribution in [0.4, 0.5) is 4.79 Å². The highest BCUT2D eigenvalue weighted by Crippen LogP contribution is 2.38. The third-order valence-electron chi connectivity index (χ3n) is 5.40. The molecule has 1 N–H and O–H groups in total. The zero-order chi connectivity index (χ0) is 17.0. The Bertz CT molecular complexity index is 873. The van der Waals surface area contributed by atoms with Gasteiger partial charge in [-0.25, -0.2) is 4.79 Å². The summed E-state index contributed by atoms with van der Waals surface area (Å²) in [5, 5.41) is 6.87. The predicted molar refractivity (Wildman–Crippen MR) is 86.6 cm³/mol. The Kier molecular flexibility index (Phi) is 3.01. The molecule has 0 unspecified atom stereocenters. The van der Waals surface area contributed by atoms with Gasteiger partial charge in [0, 0.05) is 12.3 Å². The van der Waals surface area contributed by atoms with Crippen LogP contribution >= 0.6 is 0 Å². The van der Waals surface area contributed by atoms with E-state index in [1.54, 1.807) is 0 Å². The van der Waals surface area contributed by atoms with Gasteiger partial charge >= 0.3 is 6.03 Å². The number of benzene rings is 1. The summed E-state index contributed by atoms with van der Waals surface area (Å²) in [4.78, 5) is 31.0. The first-order chi connectivity index (χ1) is 12.1. The fourth-order valence-electron chi connectivity index (χ4n) is 3.82.